The van der Waals surface area contributed by atoms with Gasteiger partial charge in [0.05, 0.1) is 0 Å². The van der Waals surface area contributed by atoms with Crippen molar-refractivity contribution in [1.29, 1.82) is 0 Å². The molecule has 0 radical (unpaired) electrons. The molecule has 4 nitrogen and oxygen atoms in total. The Hall–Kier alpha value is -1.58. The fourth-order valence-corrected chi connectivity index (χ4v) is 3.78. The molecular weight excluding hydrogens is 288 g/mol. The zero-order valence-corrected chi connectivity index (χ0v) is 15.4. The van der Waals surface area contributed by atoms with E-state index < -0.39 is 0 Å². The molecule has 0 aromatic carbocycles. The van der Waals surface area contributed by atoms with Crippen molar-refractivity contribution >= 4 is 11.6 Å². The lowest BCUT2D eigenvalue weighted by Gasteiger charge is -2.35. The van der Waals surface area contributed by atoms with Crippen molar-refractivity contribution in [3.63, 3.8) is 0 Å². The molecule has 0 atom stereocenters. The van der Waals surface area contributed by atoms with Gasteiger partial charge >= 0.3 is 0 Å². The molecule has 0 unspecified atom stereocenters. The molecule has 4 heteroatoms. The minimum Gasteiger partial charge on any atom is -0.391 e. The zero-order chi connectivity index (χ0) is 17.4. The fraction of sp³-hybridized carbons (Fsp3) is 0.684. The Kier molecular flexibility index (Phi) is 4.74. The topological polar surface area (TPSA) is 58.2 Å². The van der Waals surface area contributed by atoms with Gasteiger partial charge in [0.15, 0.2) is 11.6 Å². The summed E-state index contributed by atoms with van der Waals surface area (Å²) in [5.41, 5.74) is 3.54. The van der Waals surface area contributed by atoms with Crippen LogP contribution >= 0.6 is 0 Å². The van der Waals surface area contributed by atoms with Gasteiger partial charge < -0.3 is 10.6 Å². The van der Waals surface area contributed by atoms with Crippen molar-refractivity contribution in [2.45, 2.75) is 59.8 Å². The van der Waals surface area contributed by atoms with E-state index in [0.717, 1.165) is 35.4 Å². The van der Waals surface area contributed by atoms with Crippen LogP contribution < -0.4 is 10.6 Å². The average molecular weight is 318 g/mol. The lowest BCUT2D eigenvalue weighted by atomic mass is 9.71. The maximum absolute atomic E-state index is 12.6. The van der Waals surface area contributed by atoms with Gasteiger partial charge in [-0.3, -0.25) is 9.59 Å². The van der Waals surface area contributed by atoms with E-state index in [4.69, 9.17) is 0 Å². The normalized spacial score (nSPS) is 24.1. The molecule has 0 spiro atoms. The monoisotopic (exact) mass is 318 g/mol. The average Bonchev–Trinajstić information content (AvgIpc) is 2.41. The van der Waals surface area contributed by atoms with E-state index in [1.165, 1.54) is 0 Å². The Morgan fingerprint density at radius 1 is 0.739 bits per heavy atom. The van der Waals surface area contributed by atoms with Crippen LogP contribution in [0.2, 0.25) is 0 Å². The van der Waals surface area contributed by atoms with Gasteiger partial charge in [0.1, 0.15) is 0 Å². The second-order valence-electron chi connectivity index (χ2n) is 8.47. The Morgan fingerprint density at radius 2 is 1.09 bits per heavy atom. The minimum absolute atomic E-state index is 0.0162. The molecule has 0 amide bonds. The maximum atomic E-state index is 12.6. The first kappa shape index (κ1) is 17.8. The predicted octanol–water partition coefficient (Wildman–Crippen LogP) is 3.10. The van der Waals surface area contributed by atoms with E-state index in [0.29, 0.717) is 19.3 Å². The number of carbonyl (C=O) groups excluding carboxylic acids is 2. The summed E-state index contributed by atoms with van der Waals surface area (Å²) in [5.74, 6) is 0.345. The summed E-state index contributed by atoms with van der Waals surface area (Å²) in [5, 5.41) is 6.40. The molecule has 23 heavy (non-hydrogen) atoms. The van der Waals surface area contributed by atoms with Crippen LogP contribution in [0, 0.1) is 10.8 Å². The number of hydrogen-bond donors (Lipinski definition) is 2. The molecule has 0 fully saturated rings. The van der Waals surface area contributed by atoms with Crippen molar-refractivity contribution < 1.29 is 9.59 Å². The van der Waals surface area contributed by atoms with Gasteiger partial charge in [-0.1, -0.05) is 27.7 Å². The maximum Gasteiger partial charge on any atom is 0.161 e. The first-order chi connectivity index (χ1) is 10.6. The first-order valence-corrected chi connectivity index (χ1v) is 8.44. The van der Waals surface area contributed by atoms with Crippen molar-refractivity contribution in [2.24, 2.45) is 10.8 Å². The lowest BCUT2D eigenvalue weighted by molar-refractivity contribution is -0.118. The highest BCUT2D eigenvalue weighted by Gasteiger charge is 2.37. The predicted molar refractivity (Wildman–Crippen MR) is 92.8 cm³/mol. The second-order valence-corrected chi connectivity index (χ2v) is 8.47. The number of rotatable bonds is 4. The highest BCUT2D eigenvalue weighted by Crippen LogP contribution is 2.41. The highest BCUT2D eigenvalue weighted by atomic mass is 16.1. The third-order valence-corrected chi connectivity index (χ3v) is 4.95. The van der Waals surface area contributed by atoms with Crippen LogP contribution in [0.25, 0.3) is 0 Å². The largest absolute Gasteiger partial charge is 0.391 e. The quantitative estimate of drug-likeness (QED) is 0.836. The van der Waals surface area contributed by atoms with Gasteiger partial charge in [-0.2, -0.15) is 0 Å². The smallest absolute Gasteiger partial charge is 0.161 e. The lowest BCUT2D eigenvalue weighted by Crippen LogP contribution is -2.33. The molecule has 2 aliphatic rings. The number of ketones is 2. The molecule has 2 rings (SSSR count). The van der Waals surface area contributed by atoms with Gasteiger partial charge in [-0.15, -0.1) is 0 Å². The van der Waals surface area contributed by atoms with E-state index in [2.05, 4.69) is 38.3 Å². The highest BCUT2D eigenvalue weighted by molar-refractivity contribution is 6.03. The molecule has 0 aromatic heterocycles. The van der Waals surface area contributed by atoms with Crippen molar-refractivity contribution in [1.82, 2.24) is 10.6 Å². The minimum atomic E-state index is -0.0162. The van der Waals surface area contributed by atoms with Gasteiger partial charge in [0.25, 0.3) is 0 Å². The Bertz CT molecular complexity index is 542. The first-order valence-electron chi connectivity index (χ1n) is 8.44. The van der Waals surface area contributed by atoms with Crippen LogP contribution in [0.15, 0.2) is 22.5 Å². The van der Waals surface area contributed by atoms with Crippen LogP contribution in [0.1, 0.15) is 59.8 Å². The van der Waals surface area contributed by atoms with Crippen molar-refractivity contribution in [2.75, 3.05) is 14.1 Å². The van der Waals surface area contributed by atoms with E-state index in [-0.39, 0.29) is 22.4 Å². The summed E-state index contributed by atoms with van der Waals surface area (Å²) >= 11 is 0. The summed E-state index contributed by atoms with van der Waals surface area (Å²) in [4.78, 5) is 25.3. The van der Waals surface area contributed by atoms with Crippen LogP contribution in [-0.2, 0) is 9.59 Å². The molecule has 0 saturated heterocycles. The SMILES string of the molecule is CNC1=C(CC2=C(NC)CC(C)(C)CC2=O)C(=O)CC(C)(C)C1. The number of Topliss-reactive ketones (excluding diaryl/α,β-unsaturated/α-hetero) is 2. The number of hydrogen-bond acceptors (Lipinski definition) is 4. The zero-order valence-electron chi connectivity index (χ0n) is 15.4. The summed E-state index contributed by atoms with van der Waals surface area (Å²) in [6, 6.07) is 0. The molecule has 0 saturated carbocycles. The molecule has 0 heterocycles. The molecule has 0 bridgehead atoms. The van der Waals surface area contributed by atoms with Crippen molar-refractivity contribution in [3.8, 4) is 0 Å². The standard InChI is InChI=1S/C19H30N2O2/c1-18(2)8-14(20-5)12(16(22)10-18)7-13-15(21-6)9-19(3,4)11-17(13)23/h20-21H,7-11H2,1-6H3. The van der Waals surface area contributed by atoms with Crippen LogP contribution in [-0.4, -0.2) is 25.7 Å². The molecule has 2 N–H and O–H groups in total. The van der Waals surface area contributed by atoms with Crippen LogP contribution in [0.5, 0.6) is 0 Å². The number of allylic oxidation sites excluding steroid dienone is 4. The third kappa shape index (κ3) is 3.85. The Morgan fingerprint density at radius 3 is 1.39 bits per heavy atom. The van der Waals surface area contributed by atoms with E-state index >= 15 is 0 Å². The van der Waals surface area contributed by atoms with E-state index in [1.807, 2.05) is 14.1 Å². The molecule has 2 aliphatic carbocycles. The van der Waals surface area contributed by atoms with Crippen LogP contribution in [0.3, 0.4) is 0 Å². The van der Waals surface area contributed by atoms with Gasteiger partial charge in [-0.05, 0) is 23.7 Å². The van der Waals surface area contributed by atoms with Crippen LogP contribution in [0.4, 0.5) is 0 Å². The van der Waals surface area contributed by atoms with Crippen molar-refractivity contribution in [3.05, 3.63) is 22.5 Å². The van der Waals surface area contributed by atoms with E-state index in [9.17, 15) is 9.59 Å². The summed E-state index contributed by atoms with van der Waals surface area (Å²) in [7, 11) is 3.73. The fourth-order valence-electron chi connectivity index (χ4n) is 3.78. The molecule has 0 aromatic rings. The van der Waals surface area contributed by atoms with Gasteiger partial charge in [0.2, 0.25) is 0 Å². The summed E-state index contributed by atoms with van der Waals surface area (Å²) in [6.07, 6.45) is 3.26. The third-order valence-electron chi connectivity index (χ3n) is 4.95. The second kappa shape index (κ2) is 6.14. The molecule has 128 valence electrons. The number of carbonyl (C=O) groups is 2. The Balaban J connectivity index is 2.39. The van der Waals surface area contributed by atoms with Gasteiger partial charge in [0, 0.05) is 55.9 Å². The molecular formula is C19H30N2O2. The van der Waals surface area contributed by atoms with E-state index in [1.54, 1.807) is 0 Å². The number of nitrogens with one attached hydrogen (secondary N) is 2. The summed E-state index contributed by atoms with van der Waals surface area (Å²) in [6.45, 7) is 8.47. The van der Waals surface area contributed by atoms with Gasteiger partial charge in [-0.25, -0.2) is 0 Å². The Labute approximate surface area is 139 Å². The molecule has 0 aliphatic heterocycles. The summed E-state index contributed by atoms with van der Waals surface area (Å²) < 4.78 is 0.